The molecule has 0 spiro atoms. The fourth-order valence-corrected chi connectivity index (χ4v) is 2.64. The summed E-state index contributed by atoms with van der Waals surface area (Å²) in [5, 5.41) is 12.7. The lowest BCUT2D eigenvalue weighted by Crippen LogP contribution is -2.18. The predicted octanol–water partition coefficient (Wildman–Crippen LogP) is 4.17. The average Bonchev–Trinajstić information content (AvgIpc) is 2.60. The van der Waals surface area contributed by atoms with E-state index in [0.717, 1.165) is 18.5 Å². The molecule has 3 nitrogen and oxygen atoms in total. The SMILES string of the molecule is O=C(O)c1cc(NC2CCCCCC2)ccc1Cl. The second-order valence-corrected chi connectivity index (χ2v) is 5.24. The summed E-state index contributed by atoms with van der Waals surface area (Å²) in [5.41, 5.74) is 1.01. The minimum Gasteiger partial charge on any atom is -0.478 e. The van der Waals surface area contributed by atoms with Gasteiger partial charge in [0.1, 0.15) is 0 Å². The Bertz CT molecular complexity index is 426. The molecule has 2 N–H and O–H groups in total. The third-order valence-electron chi connectivity index (χ3n) is 3.42. The highest BCUT2D eigenvalue weighted by molar-refractivity contribution is 6.33. The normalized spacial score (nSPS) is 17.2. The molecule has 0 radical (unpaired) electrons. The van der Waals surface area contributed by atoms with Gasteiger partial charge >= 0.3 is 5.97 Å². The molecule has 1 saturated carbocycles. The van der Waals surface area contributed by atoms with Crippen LogP contribution in [0, 0.1) is 0 Å². The minimum absolute atomic E-state index is 0.162. The number of carboxylic acid groups (broad SMARTS) is 1. The van der Waals surface area contributed by atoms with Gasteiger partial charge in [0.15, 0.2) is 0 Å². The van der Waals surface area contributed by atoms with E-state index in [9.17, 15) is 4.79 Å². The van der Waals surface area contributed by atoms with Crippen molar-refractivity contribution in [1.29, 1.82) is 0 Å². The van der Waals surface area contributed by atoms with Crippen LogP contribution in [-0.2, 0) is 0 Å². The quantitative estimate of drug-likeness (QED) is 0.808. The lowest BCUT2D eigenvalue weighted by atomic mass is 10.1. The standard InChI is InChI=1S/C14H18ClNO2/c15-13-8-7-11(9-12(13)14(17)18)16-10-5-3-1-2-4-6-10/h7-10,16H,1-6H2,(H,17,18). The summed E-state index contributed by atoms with van der Waals surface area (Å²) in [7, 11) is 0. The fraction of sp³-hybridized carbons (Fsp3) is 0.500. The van der Waals surface area contributed by atoms with Gasteiger partial charge in [0, 0.05) is 11.7 Å². The van der Waals surface area contributed by atoms with E-state index in [0.29, 0.717) is 6.04 Å². The molecule has 1 aliphatic rings. The number of hydrogen-bond donors (Lipinski definition) is 2. The third-order valence-corrected chi connectivity index (χ3v) is 3.75. The Kier molecular flexibility index (Phi) is 4.48. The summed E-state index contributed by atoms with van der Waals surface area (Å²) in [6, 6.07) is 5.56. The number of benzene rings is 1. The van der Waals surface area contributed by atoms with E-state index in [1.165, 1.54) is 25.7 Å². The van der Waals surface area contributed by atoms with Gasteiger partial charge in [0.05, 0.1) is 10.6 Å². The molecule has 0 atom stereocenters. The molecule has 1 fully saturated rings. The van der Waals surface area contributed by atoms with Gasteiger partial charge in [-0.2, -0.15) is 0 Å². The largest absolute Gasteiger partial charge is 0.478 e. The number of hydrogen-bond acceptors (Lipinski definition) is 2. The van der Waals surface area contributed by atoms with Crippen LogP contribution < -0.4 is 5.32 Å². The number of carbonyl (C=O) groups is 1. The first-order chi connectivity index (χ1) is 8.66. The van der Waals surface area contributed by atoms with Crippen LogP contribution in [0.15, 0.2) is 18.2 Å². The van der Waals surface area contributed by atoms with Gasteiger partial charge in [-0.15, -0.1) is 0 Å². The molecule has 98 valence electrons. The van der Waals surface area contributed by atoms with E-state index < -0.39 is 5.97 Å². The summed E-state index contributed by atoms with van der Waals surface area (Å²) < 4.78 is 0. The zero-order chi connectivity index (χ0) is 13.0. The molecule has 1 aromatic rings. The lowest BCUT2D eigenvalue weighted by molar-refractivity contribution is 0.0697. The molecule has 0 aromatic heterocycles. The van der Waals surface area contributed by atoms with Gasteiger partial charge in [-0.25, -0.2) is 4.79 Å². The van der Waals surface area contributed by atoms with Crippen molar-refractivity contribution in [3.8, 4) is 0 Å². The average molecular weight is 268 g/mol. The molecular weight excluding hydrogens is 250 g/mol. The van der Waals surface area contributed by atoms with Crippen LogP contribution in [0.1, 0.15) is 48.9 Å². The Morgan fingerprint density at radius 3 is 2.50 bits per heavy atom. The molecule has 2 rings (SSSR count). The molecular formula is C14H18ClNO2. The van der Waals surface area contributed by atoms with E-state index in [-0.39, 0.29) is 10.6 Å². The topological polar surface area (TPSA) is 49.3 Å². The van der Waals surface area contributed by atoms with Crippen molar-refractivity contribution in [3.05, 3.63) is 28.8 Å². The van der Waals surface area contributed by atoms with Crippen molar-refractivity contribution in [2.45, 2.75) is 44.6 Å². The number of anilines is 1. The van der Waals surface area contributed by atoms with E-state index in [1.807, 2.05) is 6.07 Å². The predicted molar refractivity (Wildman–Crippen MR) is 73.5 cm³/mol. The fourth-order valence-electron chi connectivity index (χ4n) is 2.44. The second kappa shape index (κ2) is 6.10. The van der Waals surface area contributed by atoms with Crippen LogP contribution in [0.4, 0.5) is 5.69 Å². The molecule has 1 aliphatic carbocycles. The second-order valence-electron chi connectivity index (χ2n) is 4.83. The maximum atomic E-state index is 11.0. The van der Waals surface area contributed by atoms with Crippen molar-refractivity contribution < 1.29 is 9.90 Å². The Labute approximate surface area is 112 Å². The van der Waals surface area contributed by atoms with Crippen molar-refractivity contribution in [3.63, 3.8) is 0 Å². The monoisotopic (exact) mass is 267 g/mol. The number of halogens is 1. The highest BCUT2D eigenvalue weighted by Crippen LogP contribution is 2.24. The van der Waals surface area contributed by atoms with Crippen molar-refractivity contribution in [2.24, 2.45) is 0 Å². The van der Waals surface area contributed by atoms with Gasteiger partial charge in [-0.1, -0.05) is 37.3 Å². The van der Waals surface area contributed by atoms with Crippen LogP contribution in [0.25, 0.3) is 0 Å². The molecule has 1 aromatic carbocycles. The van der Waals surface area contributed by atoms with Crippen LogP contribution in [-0.4, -0.2) is 17.1 Å². The van der Waals surface area contributed by atoms with Crippen molar-refractivity contribution in [2.75, 3.05) is 5.32 Å². The third kappa shape index (κ3) is 3.39. The maximum absolute atomic E-state index is 11.0. The number of nitrogens with one attached hydrogen (secondary N) is 1. The van der Waals surface area contributed by atoms with Crippen LogP contribution in [0.3, 0.4) is 0 Å². The minimum atomic E-state index is -0.982. The van der Waals surface area contributed by atoms with E-state index in [2.05, 4.69) is 5.32 Å². The Hall–Kier alpha value is -1.22. The van der Waals surface area contributed by atoms with Gasteiger partial charge in [0.2, 0.25) is 0 Å². The van der Waals surface area contributed by atoms with Crippen LogP contribution in [0.2, 0.25) is 5.02 Å². The van der Waals surface area contributed by atoms with Gasteiger partial charge in [-0.05, 0) is 31.0 Å². The van der Waals surface area contributed by atoms with E-state index in [1.54, 1.807) is 12.1 Å². The molecule has 0 saturated heterocycles. The molecule has 18 heavy (non-hydrogen) atoms. The first-order valence-corrected chi connectivity index (χ1v) is 6.84. The summed E-state index contributed by atoms with van der Waals surface area (Å²) in [5.74, 6) is -0.982. The molecule has 4 heteroatoms. The van der Waals surface area contributed by atoms with Crippen molar-refractivity contribution >= 4 is 23.3 Å². The number of rotatable bonds is 3. The highest BCUT2D eigenvalue weighted by Gasteiger charge is 2.14. The van der Waals surface area contributed by atoms with E-state index in [4.69, 9.17) is 16.7 Å². The summed E-state index contributed by atoms with van der Waals surface area (Å²) in [6.45, 7) is 0. The summed E-state index contributed by atoms with van der Waals surface area (Å²) in [6.07, 6.45) is 7.42. The summed E-state index contributed by atoms with van der Waals surface area (Å²) in [4.78, 5) is 11.0. The Morgan fingerprint density at radius 2 is 1.89 bits per heavy atom. The van der Waals surface area contributed by atoms with Crippen LogP contribution in [0.5, 0.6) is 0 Å². The van der Waals surface area contributed by atoms with Gasteiger partial charge < -0.3 is 10.4 Å². The zero-order valence-electron chi connectivity index (χ0n) is 10.3. The first-order valence-electron chi connectivity index (χ1n) is 6.46. The van der Waals surface area contributed by atoms with Crippen molar-refractivity contribution in [1.82, 2.24) is 0 Å². The van der Waals surface area contributed by atoms with Gasteiger partial charge in [0.25, 0.3) is 0 Å². The number of aromatic carboxylic acids is 1. The number of carboxylic acids is 1. The Morgan fingerprint density at radius 1 is 1.22 bits per heavy atom. The molecule has 0 unspecified atom stereocenters. The molecule has 0 aliphatic heterocycles. The molecule has 0 bridgehead atoms. The lowest BCUT2D eigenvalue weighted by Gasteiger charge is -2.18. The van der Waals surface area contributed by atoms with Crippen LogP contribution >= 0.6 is 11.6 Å². The smallest absolute Gasteiger partial charge is 0.337 e. The molecule has 0 amide bonds. The Balaban J connectivity index is 2.08. The van der Waals surface area contributed by atoms with Gasteiger partial charge in [-0.3, -0.25) is 0 Å². The first kappa shape index (κ1) is 13.2. The summed E-state index contributed by atoms with van der Waals surface area (Å²) >= 11 is 5.85. The van der Waals surface area contributed by atoms with E-state index >= 15 is 0 Å². The zero-order valence-corrected chi connectivity index (χ0v) is 11.0. The highest BCUT2D eigenvalue weighted by atomic mass is 35.5. The molecule has 0 heterocycles. The maximum Gasteiger partial charge on any atom is 0.337 e.